The van der Waals surface area contributed by atoms with Gasteiger partial charge in [0.2, 0.25) is 0 Å². The van der Waals surface area contributed by atoms with Gasteiger partial charge in [-0.05, 0) is 109 Å². The van der Waals surface area contributed by atoms with E-state index in [1.807, 2.05) is 121 Å². The SMILES string of the molecule is O=C(O)c1ccc(-c2nc3c4cccnc4c4ncccc4c3[nH]2)cc1.[Ru].c1ccc2nc3c4cccnc4c4ncccc4c3nc2c1.c1ccc2nc3c4cccnc4c4ncccc4c3nc2c1. The summed E-state index contributed by atoms with van der Waals surface area (Å²) in [4.78, 5) is 65.5. The van der Waals surface area contributed by atoms with Crippen molar-refractivity contribution in [3.05, 3.63) is 188 Å². The first kappa shape index (κ1) is 42.9. The first-order chi connectivity index (χ1) is 34.6. The molecule has 71 heavy (non-hydrogen) atoms. The van der Waals surface area contributed by atoms with Gasteiger partial charge in [-0.3, -0.25) is 29.9 Å². The number of hydrogen-bond donors (Lipinski definition) is 2. The minimum Gasteiger partial charge on any atom is -0.478 e. The minimum atomic E-state index is -0.949. The molecule has 0 amide bonds. The number of carboxylic acids is 1. The average Bonchev–Trinajstić information content (AvgIpc) is 3.89. The quantitative estimate of drug-likeness (QED) is 0.0944. The number of H-pyrrole nitrogens is 1. The summed E-state index contributed by atoms with van der Waals surface area (Å²) in [6.45, 7) is 0. The summed E-state index contributed by atoms with van der Waals surface area (Å²) in [7, 11) is 0. The van der Waals surface area contributed by atoms with Gasteiger partial charge in [0.05, 0.1) is 93.8 Å². The molecule has 15 rings (SSSR count). The molecule has 0 atom stereocenters. The maximum atomic E-state index is 11.0. The summed E-state index contributed by atoms with van der Waals surface area (Å²) in [6.07, 6.45) is 10.7. The number of rotatable bonds is 2. The van der Waals surface area contributed by atoms with Crippen molar-refractivity contribution < 1.29 is 29.4 Å². The number of para-hydroxylation sites is 4. The van der Waals surface area contributed by atoms with E-state index in [1.54, 1.807) is 61.4 Å². The Labute approximate surface area is 413 Å². The van der Waals surface area contributed by atoms with Crippen LogP contribution in [0.2, 0.25) is 0 Å². The van der Waals surface area contributed by atoms with Crippen LogP contribution in [0.1, 0.15) is 10.4 Å². The standard InChI is InChI=1S/C20H12N4O2.2C18H10N4.Ru/c25-20(26)12-7-5-11(6-8-12)19-23-17-13-3-1-9-21-15(13)16-14(18(17)24-19)4-2-10-22-16;2*1-2-8-14-13(7-1)21-17-11-5-3-9-19-15(11)16-12(18(17)22-14)6-4-10-20-16;/h1-10H,(H,23,24)(H,25,26);2*1-10H;. The van der Waals surface area contributed by atoms with E-state index in [0.717, 1.165) is 126 Å². The summed E-state index contributed by atoms with van der Waals surface area (Å²) < 4.78 is 0. The zero-order valence-corrected chi connectivity index (χ0v) is 38.7. The van der Waals surface area contributed by atoms with E-state index < -0.39 is 5.97 Å². The molecule has 0 aliphatic carbocycles. The van der Waals surface area contributed by atoms with Gasteiger partial charge in [0.15, 0.2) is 0 Å². The fourth-order valence-corrected chi connectivity index (χ4v) is 9.14. The molecule has 0 aliphatic heterocycles. The molecule has 2 N–H and O–H groups in total. The van der Waals surface area contributed by atoms with Crippen LogP contribution in [0.5, 0.6) is 0 Å². The Morgan fingerprint density at radius 1 is 0.338 bits per heavy atom. The van der Waals surface area contributed by atoms with Gasteiger partial charge in [0, 0.05) is 94.5 Å². The van der Waals surface area contributed by atoms with Crippen LogP contribution in [-0.4, -0.2) is 70.9 Å². The number of nitrogens with one attached hydrogen (secondary N) is 1. The molecule has 336 valence electrons. The minimum absolute atomic E-state index is 0. The van der Waals surface area contributed by atoms with Crippen LogP contribution in [0.3, 0.4) is 0 Å². The van der Waals surface area contributed by atoms with E-state index in [-0.39, 0.29) is 25.0 Å². The smallest absolute Gasteiger partial charge is 0.335 e. The van der Waals surface area contributed by atoms with Gasteiger partial charge in [0.1, 0.15) is 5.82 Å². The summed E-state index contributed by atoms with van der Waals surface area (Å²) in [5, 5.41) is 14.9. The topological polar surface area (TPSA) is 195 Å². The van der Waals surface area contributed by atoms with Crippen LogP contribution in [0.15, 0.2) is 183 Å². The molecule has 6 aromatic carbocycles. The third-order valence-electron chi connectivity index (χ3n) is 12.3. The maximum absolute atomic E-state index is 11.0. The number of aromatic nitrogens is 12. The van der Waals surface area contributed by atoms with Crippen LogP contribution in [0.25, 0.3) is 132 Å². The molecule has 0 bridgehead atoms. The van der Waals surface area contributed by atoms with E-state index in [9.17, 15) is 4.79 Å². The Balaban J connectivity index is 0.000000109. The van der Waals surface area contributed by atoms with E-state index in [1.165, 1.54) is 0 Å². The number of aromatic carboxylic acids is 1. The molecule has 0 unspecified atom stereocenters. The van der Waals surface area contributed by atoms with Crippen molar-refractivity contribution in [1.82, 2.24) is 59.8 Å². The number of carbonyl (C=O) groups is 1. The Kier molecular flexibility index (Phi) is 10.6. The third-order valence-corrected chi connectivity index (χ3v) is 12.3. The van der Waals surface area contributed by atoms with Gasteiger partial charge in [-0.2, -0.15) is 0 Å². The van der Waals surface area contributed by atoms with E-state index in [2.05, 4.69) is 34.9 Å². The van der Waals surface area contributed by atoms with E-state index in [0.29, 0.717) is 5.82 Å². The Bertz CT molecular complexity index is 4160. The number of imidazole rings is 1. The van der Waals surface area contributed by atoms with Crippen molar-refractivity contribution in [3.63, 3.8) is 0 Å². The molecular weight excluding hydrogens is 974 g/mol. The van der Waals surface area contributed by atoms with Gasteiger partial charge in [-0.15, -0.1) is 0 Å². The predicted octanol–water partition coefficient (Wildman–Crippen LogP) is 11.8. The first-order valence-electron chi connectivity index (χ1n) is 22.3. The Morgan fingerprint density at radius 2 is 0.648 bits per heavy atom. The summed E-state index contributed by atoms with van der Waals surface area (Å²) in [5.74, 6) is -0.270. The molecule has 0 radical (unpaired) electrons. The van der Waals surface area contributed by atoms with Crippen LogP contribution in [0, 0.1) is 0 Å². The monoisotopic (exact) mass is 1010 g/mol. The second kappa shape index (κ2) is 17.6. The predicted molar refractivity (Wildman–Crippen MR) is 274 cm³/mol. The van der Waals surface area contributed by atoms with Gasteiger partial charge in [0.25, 0.3) is 0 Å². The molecule has 0 spiro atoms. The molecule has 0 aliphatic rings. The van der Waals surface area contributed by atoms with Crippen molar-refractivity contribution in [2.75, 3.05) is 0 Å². The average molecular weight is 1010 g/mol. The van der Waals surface area contributed by atoms with Crippen LogP contribution in [-0.2, 0) is 19.5 Å². The summed E-state index contributed by atoms with van der Waals surface area (Å²) >= 11 is 0. The number of carboxylic acid groups (broad SMARTS) is 1. The van der Waals surface area contributed by atoms with Crippen LogP contribution < -0.4 is 0 Å². The number of pyridine rings is 6. The third kappa shape index (κ3) is 7.30. The first-order valence-corrected chi connectivity index (χ1v) is 22.3. The number of fused-ring (bicyclic) bond motifs is 20. The fourth-order valence-electron chi connectivity index (χ4n) is 9.14. The largest absolute Gasteiger partial charge is 0.478 e. The number of aromatic amines is 1. The molecule has 9 heterocycles. The zero-order chi connectivity index (χ0) is 46.7. The van der Waals surface area contributed by atoms with Gasteiger partial charge in [-0.1, -0.05) is 36.4 Å². The van der Waals surface area contributed by atoms with Crippen molar-refractivity contribution in [2.24, 2.45) is 0 Å². The molecule has 0 saturated carbocycles. The Hall–Kier alpha value is -9.46. The Morgan fingerprint density at radius 3 is 0.986 bits per heavy atom. The molecule has 15 heteroatoms. The van der Waals surface area contributed by atoms with E-state index >= 15 is 0 Å². The maximum Gasteiger partial charge on any atom is 0.335 e. The molecule has 15 aromatic rings. The number of hydrogen-bond acceptors (Lipinski definition) is 12. The van der Waals surface area contributed by atoms with E-state index in [4.69, 9.17) is 30.0 Å². The van der Waals surface area contributed by atoms with Gasteiger partial charge in [-0.25, -0.2) is 29.7 Å². The second-order valence-electron chi connectivity index (χ2n) is 16.4. The second-order valence-corrected chi connectivity index (χ2v) is 16.4. The van der Waals surface area contributed by atoms with Crippen molar-refractivity contribution in [2.45, 2.75) is 0 Å². The fraction of sp³-hybridized carbons (Fsp3) is 0. The summed E-state index contributed by atoms with van der Waals surface area (Å²) in [6, 6.07) is 46.1. The van der Waals surface area contributed by atoms with Gasteiger partial charge < -0.3 is 10.1 Å². The molecule has 0 saturated heterocycles. The zero-order valence-electron chi connectivity index (χ0n) is 36.9. The van der Waals surface area contributed by atoms with Gasteiger partial charge >= 0.3 is 5.97 Å². The number of nitrogens with zero attached hydrogens (tertiary/aromatic N) is 11. The van der Waals surface area contributed by atoms with Crippen molar-refractivity contribution in [3.8, 4) is 11.4 Å². The molecule has 14 nitrogen and oxygen atoms in total. The number of benzene rings is 6. The van der Waals surface area contributed by atoms with Crippen LogP contribution in [0.4, 0.5) is 0 Å². The summed E-state index contributed by atoms with van der Waals surface area (Å²) in [5.41, 5.74) is 15.0. The normalized spacial score (nSPS) is 11.4. The van der Waals surface area contributed by atoms with Crippen molar-refractivity contribution >= 4 is 127 Å². The van der Waals surface area contributed by atoms with Crippen LogP contribution >= 0.6 is 0 Å². The van der Waals surface area contributed by atoms with Crippen molar-refractivity contribution in [1.29, 1.82) is 0 Å². The molecule has 0 fully saturated rings. The molecular formula is C56H32N12O2Ru. The molecule has 9 aromatic heterocycles.